The predicted molar refractivity (Wildman–Crippen MR) is 85.4 cm³/mol. The molecule has 0 aliphatic heterocycles. The zero-order valence-electron chi connectivity index (χ0n) is 12.2. The van der Waals surface area contributed by atoms with Crippen LogP contribution in [0.25, 0.3) is 11.5 Å². The van der Waals surface area contributed by atoms with Crippen LogP contribution in [-0.4, -0.2) is 16.4 Å². The maximum atomic E-state index is 8.61. The minimum Gasteiger partial charge on any atom is -0.441 e. The molecule has 1 N–H and O–H groups in total. The minimum atomic E-state index is 0.561. The number of thioether (sulfide) groups is 1. The van der Waals surface area contributed by atoms with Gasteiger partial charge in [-0.15, -0.1) is 0 Å². The Hall–Kier alpha value is -2.26. The molecule has 0 fully saturated rings. The number of hydrogen-bond acceptors (Lipinski definition) is 5. The molecule has 1 aromatic heterocycles. The number of nitrogens with zero attached hydrogens (tertiary/aromatic N) is 3. The molecule has 1 aromatic carbocycles. The van der Waals surface area contributed by atoms with Crippen molar-refractivity contribution in [3.63, 3.8) is 0 Å². The van der Waals surface area contributed by atoms with E-state index in [-0.39, 0.29) is 0 Å². The summed E-state index contributed by atoms with van der Waals surface area (Å²) in [4.78, 5) is 8.81. The highest BCUT2D eigenvalue weighted by Crippen LogP contribution is 2.24. The maximum Gasteiger partial charge on any atom is 0.226 e. The molecule has 5 nitrogen and oxygen atoms in total. The van der Waals surface area contributed by atoms with Crippen LogP contribution in [0.2, 0.25) is 0 Å². The third-order valence-electron chi connectivity index (χ3n) is 2.93. The van der Waals surface area contributed by atoms with Gasteiger partial charge in [0, 0.05) is 5.56 Å². The van der Waals surface area contributed by atoms with Crippen LogP contribution in [0.1, 0.15) is 18.4 Å². The van der Waals surface area contributed by atoms with E-state index in [4.69, 9.17) is 9.68 Å². The van der Waals surface area contributed by atoms with E-state index in [0.717, 1.165) is 29.1 Å². The van der Waals surface area contributed by atoms with Gasteiger partial charge in [-0.2, -0.15) is 5.26 Å². The summed E-state index contributed by atoms with van der Waals surface area (Å²) in [7, 11) is 0. The third-order valence-corrected chi connectivity index (χ3v) is 3.51. The molecule has 21 heavy (non-hydrogen) atoms. The Kier molecular flexibility index (Phi) is 5.01. The highest BCUT2D eigenvalue weighted by Gasteiger charge is 2.09. The topological polar surface area (TPSA) is 74.2 Å². The average Bonchev–Trinajstić information content (AvgIpc) is 2.88. The summed E-state index contributed by atoms with van der Waals surface area (Å²) in [6.45, 7) is 3.98. The number of nitrogens with one attached hydrogen (secondary N) is 1. The summed E-state index contributed by atoms with van der Waals surface area (Å²) < 4.78 is 5.67. The molecule has 6 heteroatoms. The molecular formula is C15H16N4OS. The zero-order valence-corrected chi connectivity index (χ0v) is 13.0. The Bertz CT molecular complexity index is 683. The summed E-state index contributed by atoms with van der Waals surface area (Å²) >= 11 is 1.38. The van der Waals surface area contributed by atoms with Crippen molar-refractivity contribution in [3.8, 4) is 17.6 Å². The molecular weight excluding hydrogens is 284 g/mol. The van der Waals surface area contributed by atoms with Crippen LogP contribution in [0.3, 0.4) is 0 Å². The molecule has 0 amide bonds. The van der Waals surface area contributed by atoms with Gasteiger partial charge in [-0.05, 0) is 43.9 Å². The van der Waals surface area contributed by atoms with E-state index in [1.165, 1.54) is 11.8 Å². The van der Waals surface area contributed by atoms with Gasteiger partial charge in [0.25, 0.3) is 0 Å². The lowest BCUT2D eigenvalue weighted by molar-refractivity contribution is 0.539. The molecule has 0 atom stereocenters. The number of aryl methyl sites for hydroxylation is 2. The highest BCUT2D eigenvalue weighted by molar-refractivity contribution is 8.13. The SMILES string of the molecule is CCc1nc(-c2ccc(N=C(NC#N)SC)cc2)oc1C. The molecule has 0 aliphatic carbocycles. The van der Waals surface area contributed by atoms with Crippen molar-refractivity contribution >= 4 is 22.6 Å². The second-order valence-corrected chi connectivity index (χ2v) is 5.08. The Morgan fingerprint density at radius 3 is 2.67 bits per heavy atom. The van der Waals surface area contributed by atoms with E-state index in [1.54, 1.807) is 0 Å². The largest absolute Gasteiger partial charge is 0.441 e. The number of rotatable bonds is 3. The standard InChI is InChI=1S/C15H16N4OS/c1-4-13-10(2)20-14(19-13)11-5-7-12(8-6-11)18-15(21-3)17-9-16/h5-8H,4H2,1-3H3,(H,17,18). The average molecular weight is 300 g/mol. The van der Waals surface area contributed by atoms with Crippen LogP contribution in [0.4, 0.5) is 5.69 Å². The first-order chi connectivity index (χ1) is 10.2. The molecule has 0 saturated carbocycles. The number of nitriles is 1. The highest BCUT2D eigenvalue weighted by atomic mass is 32.2. The molecule has 108 valence electrons. The number of benzene rings is 1. The van der Waals surface area contributed by atoms with E-state index in [1.807, 2.05) is 43.6 Å². The smallest absolute Gasteiger partial charge is 0.226 e. The van der Waals surface area contributed by atoms with Crippen molar-refractivity contribution in [2.45, 2.75) is 20.3 Å². The van der Waals surface area contributed by atoms with Gasteiger partial charge in [-0.3, -0.25) is 5.32 Å². The predicted octanol–water partition coefficient (Wildman–Crippen LogP) is 3.63. The zero-order chi connectivity index (χ0) is 15.2. The van der Waals surface area contributed by atoms with E-state index in [2.05, 4.69) is 22.2 Å². The quantitative estimate of drug-likeness (QED) is 0.405. The van der Waals surface area contributed by atoms with Gasteiger partial charge in [-0.25, -0.2) is 9.98 Å². The Labute approximate surface area is 128 Å². The van der Waals surface area contributed by atoms with Crippen LogP contribution < -0.4 is 5.32 Å². The Morgan fingerprint density at radius 1 is 1.43 bits per heavy atom. The van der Waals surface area contributed by atoms with Gasteiger partial charge in [0.05, 0.1) is 11.4 Å². The summed E-state index contributed by atoms with van der Waals surface area (Å²) in [5.41, 5.74) is 2.66. The van der Waals surface area contributed by atoms with Crippen LogP contribution in [0.5, 0.6) is 0 Å². The molecule has 2 rings (SSSR count). The van der Waals surface area contributed by atoms with Gasteiger partial charge in [0.1, 0.15) is 5.76 Å². The second-order valence-electron chi connectivity index (χ2n) is 4.28. The number of amidine groups is 1. The van der Waals surface area contributed by atoms with Crippen molar-refractivity contribution in [2.75, 3.05) is 6.26 Å². The fourth-order valence-corrected chi connectivity index (χ4v) is 2.19. The second kappa shape index (κ2) is 6.95. The summed E-state index contributed by atoms with van der Waals surface area (Å²) in [6.07, 6.45) is 4.58. The fraction of sp³-hybridized carbons (Fsp3) is 0.267. The number of aromatic nitrogens is 1. The van der Waals surface area contributed by atoms with Gasteiger partial charge < -0.3 is 4.42 Å². The normalized spacial score (nSPS) is 11.2. The minimum absolute atomic E-state index is 0.561. The van der Waals surface area contributed by atoms with Gasteiger partial charge in [0.2, 0.25) is 5.89 Å². The third kappa shape index (κ3) is 3.64. The first kappa shape index (κ1) is 15.1. The molecule has 0 saturated heterocycles. The summed E-state index contributed by atoms with van der Waals surface area (Å²) in [5, 5.41) is 11.7. The number of oxazole rings is 1. The fourth-order valence-electron chi connectivity index (χ4n) is 1.85. The number of hydrogen-bond donors (Lipinski definition) is 1. The molecule has 0 unspecified atom stereocenters. The van der Waals surface area contributed by atoms with Crippen LogP contribution in [0.15, 0.2) is 33.7 Å². The molecule has 2 aromatic rings. The van der Waals surface area contributed by atoms with E-state index < -0.39 is 0 Å². The lowest BCUT2D eigenvalue weighted by Crippen LogP contribution is -2.12. The molecule has 0 radical (unpaired) electrons. The summed E-state index contributed by atoms with van der Waals surface area (Å²) in [5.74, 6) is 1.48. The van der Waals surface area contributed by atoms with E-state index >= 15 is 0 Å². The van der Waals surface area contributed by atoms with Crippen LogP contribution in [0, 0.1) is 18.4 Å². The van der Waals surface area contributed by atoms with Crippen molar-refractivity contribution in [3.05, 3.63) is 35.7 Å². The Morgan fingerprint density at radius 2 is 2.14 bits per heavy atom. The number of aliphatic imine (C=N–C) groups is 1. The van der Waals surface area contributed by atoms with Crippen molar-refractivity contribution in [1.29, 1.82) is 5.26 Å². The van der Waals surface area contributed by atoms with E-state index in [9.17, 15) is 0 Å². The monoisotopic (exact) mass is 300 g/mol. The van der Waals surface area contributed by atoms with Gasteiger partial charge in [-0.1, -0.05) is 18.7 Å². The van der Waals surface area contributed by atoms with Crippen LogP contribution >= 0.6 is 11.8 Å². The van der Waals surface area contributed by atoms with Crippen LogP contribution in [-0.2, 0) is 6.42 Å². The lowest BCUT2D eigenvalue weighted by atomic mass is 10.2. The lowest BCUT2D eigenvalue weighted by Gasteiger charge is -2.00. The summed E-state index contributed by atoms with van der Waals surface area (Å²) in [6, 6.07) is 7.56. The van der Waals surface area contributed by atoms with Gasteiger partial charge in [0.15, 0.2) is 11.4 Å². The van der Waals surface area contributed by atoms with Gasteiger partial charge >= 0.3 is 0 Å². The van der Waals surface area contributed by atoms with Crippen molar-refractivity contribution < 1.29 is 4.42 Å². The first-order valence-corrected chi connectivity index (χ1v) is 7.75. The maximum absolute atomic E-state index is 8.61. The molecule has 1 heterocycles. The first-order valence-electron chi connectivity index (χ1n) is 6.52. The van der Waals surface area contributed by atoms with Crippen molar-refractivity contribution in [2.24, 2.45) is 4.99 Å². The molecule has 0 aliphatic rings. The Balaban J connectivity index is 2.24. The molecule has 0 spiro atoms. The van der Waals surface area contributed by atoms with Crippen molar-refractivity contribution in [1.82, 2.24) is 10.3 Å². The van der Waals surface area contributed by atoms with E-state index in [0.29, 0.717) is 11.1 Å². The molecule has 0 bridgehead atoms.